The average molecular weight is 240 g/mol. The zero-order chi connectivity index (χ0) is 13.3. The van der Waals surface area contributed by atoms with Crippen LogP contribution in [0.1, 0.15) is 13.8 Å². The van der Waals surface area contributed by atoms with Gasteiger partial charge in [-0.1, -0.05) is 0 Å². The maximum atomic E-state index is 11.3. The molecule has 0 bridgehead atoms. The molecule has 1 rings (SSSR count). The van der Waals surface area contributed by atoms with E-state index in [1.165, 1.54) is 0 Å². The summed E-state index contributed by atoms with van der Waals surface area (Å²) in [6.45, 7) is 2.12. The highest BCUT2D eigenvalue weighted by Gasteiger charge is 2.46. The first-order valence-electron chi connectivity index (χ1n) is 4.53. The lowest BCUT2D eigenvalue weighted by Gasteiger charge is -2.00. The van der Waals surface area contributed by atoms with Gasteiger partial charge in [0.2, 0.25) is 0 Å². The minimum absolute atomic E-state index is 0.258. The Balaban J connectivity index is 3.51. The van der Waals surface area contributed by atoms with Crippen LogP contribution in [0.25, 0.3) is 0 Å². The van der Waals surface area contributed by atoms with Crippen LogP contribution in [0, 0.1) is 20.2 Å². The maximum absolute atomic E-state index is 11.3. The van der Waals surface area contributed by atoms with E-state index in [4.69, 9.17) is 0 Å². The van der Waals surface area contributed by atoms with E-state index in [0.29, 0.717) is 0 Å². The van der Waals surface area contributed by atoms with E-state index in [1.807, 2.05) is 0 Å². The largest absolute Gasteiger partial charge is 0.335 e. The lowest BCUT2D eigenvalue weighted by atomic mass is 10.0. The van der Waals surface area contributed by atoms with E-state index < -0.39 is 38.7 Å². The van der Waals surface area contributed by atoms with Crippen molar-refractivity contribution >= 4 is 11.6 Å². The highest BCUT2D eigenvalue weighted by molar-refractivity contribution is 6.12. The Kier molecular flexibility index (Phi) is 3.16. The van der Waals surface area contributed by atoms with Crippen molar-refractivity contribution in [3.63, 3.8) is 0 Å². The third-order valence-electron chi connectivity index (χ3n) is 2.29. The molecule has 1 aliphatic rings. The summed E-state index contributed by atoms with van der Waals surface area (Å²) in [5.74, 6) is -1.35. The quantitative estimate of drug-likeness (QED) is 0.514. The van der Waals surface area contributed by atoms with Gasteiger partial charge >= 0.3 is 11.7 Å². The molecule has 0 saturated heterocycles. The van der Waals surface area contributed by atoms with Gasteiger partial charge in [0.05, 0.1) is 4.92 Å². The molecule has 90 valence electrons. The molecule has 0 N–H and O–H groups in total. The molecule has 1 atom stereocenters. The molecule has 0 spiro atoms. The summed E-state index contributed by atoms with van der Waals surface area (Å²) in [4.78, 5) is 42.0. The van der Waals surface area contributed by atoms with Crippen molar-refractivity contribution < 1.29 is 19.4 Å². The van der Waals surface area contributed by atoms with Crippen molar-refractivity contribution in [1.82, 2.24) is 0 Å². The summed E-state index contributed by atoms with van der Waals surface area (Å²) in [6, 6.07) is -1.75. The summed E-state index contributed by atoms with van der Waals surface area (Å²) >= 11 is 0. The van der Waals surface area contributed by atoms with Crippen molar-refractivity contribution in [2.75, 3.05) is 0 Å². The van der Waals surface area contributed by atoms with Crippen LogP contribution in [-0.4, -0.2) is 27.5 Å². The number of nitrogens with zero attached hydrogens (tertiary/aromatic N) is 2. The zero-order valence-corrected chi connectivity index (χ0v) is 9.00. The number of hydrogen-bond donors (Lipinski definition) is 0. The third-order valence-corrected chi connectivity index (χ3v) is 2.29. The van der Waals surface area contributed by atoms with Crippen LogP contribution in [0.4, 0.5) is 0 Å². The molecular formula is C9H8N2O6. The number of Topliss-reactive ketones (excluding diaryl/α,β-unsaturated/α-hetero) is 2. The average Bonchev–Trinajstić information content (AvgIpc) is 2.56. The molecule has 0 aromatic rings. The Bertz CT molecular complexity index is 502. The van der Waals surface area contributed by atoms with Gasteiger partial charge < -0.3 is 0 Å². The second-order valence-electron chi connectivity index (χ2n) is 3.44. The fraction of sp³-hybridized carbons (Fsp3) is 0.333. The Morgan fingerprint density at radius 1 is 1.18 bits per heavy atom. The molecular weight excluding hydrogens is 232 g/mol. The van der Waals surface area contributed by atoms with E-state index in [1.54, 1.807) is 0 Å². The summed E-state index contributed by atoms with van der Waals surface area (Å²) in [5, 5.41) is 21.4. The first kappa shape index (κ1) is 12.7. The summed E-state index contributed by atoms with van der Waals surface area (Å²) < 4.78 is 0. The van der Waals surface area contributed by atoms with Crippen LogP contribution < -0.4 is 0 Å². The minimum Gasteiger partial charge on any atom is -0.294 e. The van der Waals surface area contributed by atoms with Crippen molar-refractivity contribution in [1.29, 1.82) is 0 Å². The highest BCUT2D eigenvalue weighted by Crippen LogP contribution is 2.29. The van der Waals surface area contributed by atoms with Gasteiger partial charge in [-0.2, -0.15) is 0 Å². The fourth-order valence-corrected chi connectivity index (χ4v) is 1.63. The normalized spacial score (nSPS) is 18.9. The first-order valence-corrected chi connectivity index (χ1v) is 4.53. The van der Waals surface area contributed by atoms with Crippen molar-refractivity contribution in [2.45, 2.75) is 19.9 Å². The Hall–Kier alpha value is -2.38. The van der Waals surface area contributed by atoms with Crippen LogP contribution in [0.2, 0.25) is 0 Å². The number of nitro groups is 2. The van der Waals surface area contributed by atoms with E-state index in [2.05, 4.69) is 0 Å². The fourth-order valence-electron chi connectivity index (χ4n) is 1.63. The lowest BCUT2D eigenvalue weighted by molar-refractivity contribution is -0.543. The molecule has 0 radical (unpaired) electrons. The smallest absolute Gasteiger partial charge is 0.294 e. The molecule has 8 heteroatoms. The SMILES string of the molecule is CC(=O)C1=CC([N+](=O)[O-])C([N+](=O)[O-])=C1C(C)=O. The van der Waals surface area contributed by atoms with Crippen molar-refractivity contribution in [2.24, 2.45) is 0 Å². The van der Waals surface area contributed by atoms with Gasteiger partial charge in [-0.15, -0.1) is 0 Å². The van der Waals surface area contributed by atoms with E-state index in [0.717, 1.165) is 19.9 Å². The van der Waals surface area contributed by atoms with Gasteiger partial charge in [0.1, 0.15) is 5.57 Å². The van der Waals surface area contributed by atoms with Gasteiger partial charge in [-0.25, -0.2) is 0 Å². The molecule has 0 aromatic heterocycles. The van der Waals surface area contributed by atoms with Crippen LogP contribution in [-0.2, 0) is 9.59 Å². The molecule has 0 saturated carbocycles. The Morgan fingerprint density at radius 2 is 1.71 bits per heavy atom. The molecule has 0 amide bonds. The van der Waals surface area contributed by atoms with Crippen LogP contribution in [0.15, 0.2) is 22.9 Å². The van der Waals surface area contributed by atoms with Gasteiger partial charge in [-0.3, -0.25) is 29.8 Å². The van der Waals surface area contributed by atoms with E-state index >= 15 is 0 Å². The van der Waals surface area contributed by atoms with Gasteiger partial charge in [-0.05, 0) is 13.8 Å². The van der Waals surface area contributed by atoms with Crippen molar-refractivity contribution in [3.8, 4) is 0 Å². The Morgan fingerprint density at radius 3 is 2.00 bits per heavy atom. The number of hydrogen-bond acceptors (Lipinski definition) is 6. The molecule has 1 unspecified atom stereocenters. The first-order chi connectivity index (χ1) is 7.77. The number of allylic oxidation sites excluding steroid dienone is 2. The van der Waals surface area contributed by atoms with Gasteiger partial charge in [0, 0.05) is 16.6 Å². The molecule has 0 aliphatic heterocycles. The maximum Gasteiger partial charge on any atom is 0.335 e. The topological polar surface area (TPSA) is 120 Å². The Labute approximate surface area is 94.9 Å². The summed E-state index contributed by atoms with van der Waals surface area (Å²) in [5.41, 5.74) is -1.57. The molecule has 17 heavy (non-hydrogen) atoms. The highest BCUT2D eigenvalue weighted by atomic mass is 16.6. The van der Waals surface area contributed by atoms with Crippen LogP contribution >= 0.6 is 0 Å². The third kappa shape index (κ3) is 2.10. The molecule has 0 aromatic carbocycles. The molecule has 8 nitrogen and oxygen atoms in total. The van der Waals surface area contributed by atoms with Gasteiger partial charge in [0.15, 0.2) is 11.6 Å². The second-order valence-corrected chi connectivity index (χ2v) is 3.44. The zero-order valence-electron chi connectivity index (χ0n) is 9.00. The number of carbonyl (C=O) groups excluding carboxylic acids is 2. The molecule has 1 aliphatic carbocycles. The molecule has 0 fully saturated rings. The van der Waals surface area contributed by atoms with E-state index in [9.17, 15) is 29.8 Å². The number of ketones is 2. The van der Waals surface area contributed by atoms with Gasteiger partial charge in [0.25, 0.3) is 0 Å². The standard InChI is InChI=1S/C9H8N2O6/c1-4(12)6-3-7(10(14)15)9(11(16)17)8(6)5(2)13/h3,7H,1-2H3. The number of rotatable bonds is 4. The van der Waals surface area contributed by atoms with Crippen LogP contribution in [0.5, 0.6) is 0 Å². The lowest BCUT2D eigenvalue weighted by Crippen LogP contribution is -2.23. The number of carbonyl (C=O) groups is 2. The predicted molar refractivity (Wildman–Crippen MR) is 54.2 cm³/mol. The van der Waals surface area contributed by atoms with E-state index in [-0.39, 0.29) is 5.57 Å². The predicted octanol–water partition coefficient (Wildman–Crippen LogP) is 0.280. The second kappa shape index (κ2) is 4.24. The minimum atomic E-state index is -1.75. The van der Waals surface area contributed by atoms with Crippen molar-refractivity contribution in [3.05, 3.63) is 43.1 Å². The summed E-state index contributed by atoms with van der Waals surface area (Å²) in [6.07, 6.45) is 0.844. The van der Waals surface area contributed by atoms with Crippen LogP contribution in [0.3, 0.4) is 0 Å². The molecule has 0 heterocycles. The summed E-state index contributed by atoms with van der Waals surface area (Å²) in [7, 11) is 0. The monoisotopic (exact) mass is 240 g/mol.